The van der Waals surface area contributed by atoms with Gasteiger partial charge in [-0.1, -0.05) is 30.0 Å². The normalized spacial score (nSPS) is 12.5. The van der Waals surface area contributed by atoms with Gasteiger partial charge in [0.1, 0.15) is 5.75 Å². The van der Waals surface area contributed by atoms with Crippen molar-refractivity contribution in [1.82, 2.24) is 9.97 Å². The van der Waals surface area contributed by atoms with Gasteiger partial charge in [-0.3, -0.25) is 0 Å². The van der Waals surface area contributed by atoms with Gasteiger partial charge in [-0.25, -0.2) is 4.98 Å². The number of para-hydroxylation sites is 2. The predicted octanol–water partition coefficient (Wildman–Crippen LogP) is 3.78. The largest absolute Gasteiger partial charge is 0.496 e. The summed E-state index contributed by atoms with van der Waals surface area (Å²) in [4.78, 5) is 8.76. The Labute approximate surface area is 127 Å². The Bertz CT molecular complexity index is 735. The third kappa shape index (κ3) is 2.75. The summed E-state index contributed by atoms with van der Waals surface area (Å²) >= 11 is 1.49. The van der Waals surface area contributed by atoms with Gasteiger partial charge < -0.3 is 14.8 Å². The maximum Gasteiger partial charge on any atom is 0.171 e. The number of hydrogen-bond donors (Lipinski definition) is 2. The number of aromatic amines is 1. The van der Waals surface area contributed by atoms with Gasteiger partial charge in [-0.2, -0.15) is 0 Å². The lowest BCUT2D eigenvalue weighted by atomic mass is 10.1. The molecule has 0 saturated heterocycles. The summed E-state index contributed by atoms with van der Waals surface area (Å²) in [7, 11) is 1.61. The number of ether oxygens (including phenoxy) is 1. The van der Waals surface area contributed by atoms with E-state index in [2.05, 4.69) is 9.97 Å². The van der Waals surface area contributed by atoms with Crippen LogP contribution in [0.1, 0.15) is 18.6 Å². The summed E-state index contributed by atoms with van der Waals surface area (Å²) in [6.07, 6.45) is -0.604. The monoisotopic (exact) mass is 300 g/mol. The van der Waals surface area contributed by atoms with E-state index < -0.39 is 6.10 Å². The van der Waals surface area contributed by atoms with Crippen molar-refractivity contribution < 1.29 is 9.84 Å². The van der Waals surface area contributed by atoms with Crippen LogP contribution >= 0.6 is 11.8 Å². The maximum atomic E-state index is 10.0. The average molecular weight is 300 g/mol. The number of H-pyrrole nitrogens is 1. The van der Waals surface area contributed by atoms with Gasteiger partial charge in [0.05, 0.1) is 24.2 Å². The van der Waals surface area contributed by atoms with Crippen LogP contribution in [0.25, 0.3) is 11.0 Å². The van der Waals surface area contributed by atoms with Gasteiger partial charge in [-0.15, -0.1) is 0 Å². The molecule has 1 atom stereocenters. The second-order valence-electron chi connectivity index (χ2n) is 4.71. The van der Waals surface area contributed by atoms with E-state index in [-0.39, 0.29) is 0 Å². The zero-order chi connectivity index (χ0) is 14.8. The quantitative estimate of drug-likeness (QED) is 0.770. The Morgan fingerprint density at radius 1 is 1.19 bits per heavy atom. The molecule has 0 saturated carbocycles. The molecule has 0 aliphatic carbocycles. The Morgan fingerprint density at radius 2 is 2.00 bits per heavy atom. The highest BCUT2D eigenvalue weighted by Crippen LogP contribution is 2.37. The van der Waals surface area contributed by atoms with Crippen molar-refractivity contribution in [1.29, 1.82) is 0 Å². The van der Waals surface area contributed by atoms with Crippen LogP contribution in [0, 0.1) is 0 Å². The molecular weight excluding hydrogens is 284 g/mol. The fraction of sp³-hybridized carbons (Fsp3) is 0.188. The zero-order valence-corrected chi connectivity index (χ0v) is 12.6. The first-order chi connectivity index (χ1) is 10.2. The van der Waals surface area contributed by atoms with Crippen LogP contribution in [-0.4, -0.2) is 22.2 Å². The van der Waals surface area contributed by atoms with Crippen LogP contribution in [-0.2, 0) is 0 Å². The van der Waals surface area contributed by atoms with Crippen molar-refractivity contribution >= 4 is 22.8 Å². The maximum absolute atomic E-state index is 10.0. The Kier molecular flexibility index (Phi) is 3.86. The molecule has 0 aliphatic heterocycles. The first-order valence-corrected chi connectivity index (χ1v) is 7.48. The van der Waals surface area contributed by atoms with E-state index in [9.17, 15) is 5.11 Å². The van der Waals surface area contributed by atoms with Crippen LogP contribution in [0.3, 0.4) is 0 Å². The van der Waals surface area contributed by atoms with E-state index in [1.165, 1.54) is 11.8 Å². The minimum absolute atomic E-state index is 0.604. The molecule has 0 unspecified atom stereocenters. The van der Waals surface area contributed by atoms with E-state index in [4.69, 9.17) is 4.74 Å². The molecule has 108 valence electrons. The van der Waals surface area contributed by atoms with Crippen molar-refractivity contribution in [2.24, 2.45) is 0 Å². The van der Waals surface area contributed by atoms with Gasteiger partial charge in [-0.05, 0) is 31.2 Å². The minimum Gasteiger partial charge on any atom is -0.496 e. The van der Waals surface area contributed by atoms with Gasteiger partial charge >= 0.3 is 0 Å². The molecule has 2 N–H and O–H groups in total. The summed E-state index contributed by atoms with van der Waals surface area (Å²) in [6, 6.07) is 13.6. The summed E-state index contributed by atoms with van der Waals surface area (Å²) in [6.45, 7) is 1.74. The van der Waals surface area contributed by atoms with Crippen molar-refractivity contribution in [3.05, 3.63) is 48.0 Å². The van der Waals surface area contributed by atoms with Crippen LogP contribution < -0.4 is 4.74 Å². The van der Waals surface area contributed by atoms with Crippen molar-refractivity contribution in [3.8, 4) is 5.75 Å². The first-order valence-electron chi connectivity index (χ1n) is 6.66. The molecule has 0 fully saturated rings. The van der Waals surface area contributed by atoms with E-state index in [0.717, 1.165) is 26.6 Å². The molecule has 0 spiro atoms. The zero-order valence-electron chi connectivity index (χ0n) is 11.8. The third-order valence-corrected chi connectivity index (χ3v) is 4.20. The highest BCUT2D eigenvalue weighted by molar-refractivity contribution is 7.99. The molecule has 21 heavy (non-hydrogen) atoms. The molecule has 4 nitrogen and oxygen atoms in total. The van der Waals surface area contributed by atoms with Crippen LogP contribution in [0.4, 0.5) is 0 Å². The Morgan fingerprint density at radius 3 is 2.71 bits per heavy atom. The molecule has 2 aromatic carbocycles. The number of fused-ring (bicyclic) bond motifs is 1. The number of aromatic nitrogens is 2. The van der Waals surface area contributed by atoms with Gasteiger partial charge in [0, 0.05) is 10.5 Å². The predicted molar refractivity (Wildman–Crippen MR) is 83.8 cm³/mol. The summed E-state index contributed by atoms with van der Waals surface area (Å²) < 4.78 is 5.34. The number of aliphatic hydroxyl groups is 1. The Hall–Kier alpha value is -1.98. The number of rotatable bonds is 4. The van der Waals surface area contributed by atoms with Gasteiger partial charge in [0.15, 0.2) is 5.16 Å². The molecular formula is C16H16N2O2S. The summed E-state index contributed by atoms with van der Waals surface area (Å²) in [5.74, 6) is 0.686. The van der Waals surface area contributed by atoms with E-state index in [1.54, 1.807) is 14.0 Å². The van der Waals surface area contributed by atoms with Crippen molar-refractivity contribution in [2.75, 3.05) is 7.11 Å². The summed E-state index contributed by atoms with van der Waals surface area (Å²) in [5, 5.41) is 10.8. The number of hydrogen-bond acceptors (Lipinski definition) is 4. The molecule has 3 rings (SSSR count). The fourth-order valence-corrected chi connectivity index (χ4v) is 3.33. The molecule has 0 bridgehead atoms. The van der Waals surface area contributed by atoms with Crippen LogP contribution in [0.5, 0.6) is 5.75 Å². The lowest BCUT2D eigenvalue weighted by Crippen LogP contribution is -1.98. The van der Waals surface area contributed by atoms with Crippen molar-refractivity contribution in [2.45, 2.75) is 23.1 Å². The lowest BCUT2D eigenvalue weighted by Gasteiger charge is -2.14. The number of benzene rings is 2. The SMILES string of the molecule is COc1cccc(Sc2nc3ccccc3[nH]2)c1[C@@H](C)O. The summed E-state index contributed by atoms with van der Waals surface area (Å²) in [5.41, 5.74) is 2.72. The number of aliphatic hydroxyl groups excluding tert-OH is 1. The van der Waals surface area contributed by atoms with E-state index in [1.807, 2.05) is 42.5 Å². The third-order valence-electron chi connectivity index (χ3n) is 3.24. The lowest BCUT2D eigenvalue weighted by molar-refractivity contribution is 0.191. The molecule has 0 aliphatic rings. The van der Waals surface area contributed by atoms with E-state index in [0.29, 0.717) is 5.75 Å². The second-order valence-corrected chi connectivity index (χ2v) is 5.74. The number of nitrogens with one attached hydrogen (secondary N) is 1. The average Bonchev–Trinajstić information content (AvgIpc) is 2.88. The molecule has 0 radical (unpaired) electrons. The Balaban J connectivity index is 2.01. The number of methoxy groups -OCH3 is 1. The first kappa shape index (κ1) is 14.0. The fourth-order valence-electron chi connectivity index (χ4n) is 2.28. The highest BCUT2D eigenvalue weighted by Gasteiger charge is 2.16. The molecule has 0 amide bonds. The molecule has 3 aromatic rings. The second kappa shape index (κ2) is 5.79. The van der Waals surface area contributed by atoms with Crippen LogP contribution in [0.2, 0.25) is 0 Å². The van der Waals surface area contributed by atoms with Crippen molar-refractivity contribution in [3.63, 3.8) is 0 Å². The standard InChI is InChI=1S/C16H16N2O2S/c1-10(19)15-13(20-2)8-5-9-14(15)21-16-17-11-6-3-4-7-12(11)18-16/h3-10,19H,1-2H3,(H,17,18)/t10-/m1/s1. The van der Waals surface area contributed by atoms with Gasteiger partial charge in [0.25, 0.3) is 0 Å². The molecule has 5 heteroatoms. The number of nitrogens with zero attached hydrogens (tertiary/aromatic N) is 1. The molecule has 1 heterocycles. The minimum atomic E-state index is -0.604. The topological polar surface area (TPSA) is 58.1 Å². The van der Waals surface area contributed by atoms with Crippen LogP contribution in [0.15, 0.2) is 52.5 Å². The van der Waals surface area contributed by atoms with E-state index >= 15 is 0 Å². The smallest absolute Gasteiger partial charge is 0.171 e. The van der Waals surface area contributed by atoms with Gasteiger partial charge in [0.2, 0.25) is 0 Å². The molecule has 1 aromatic heterocycles. The highest BCUT2D eigenvalue weighted by atomic mass is 32.2. The number of imidazole rings is 1.